The van der Waals surface area contributed by atoms with Crippen LogP contribution in [0.1, 0.15) is 46.0 Å². The van der Waals surface area contributed by atoms with Crippen LogP contribution < -0.4 is 5.32 Å². The second-order valence-electron chi connectivity index (χ2n) is 4.35. The number of ether oxygens (including phenoxy) is 1. The van der Waals surface area contributed by atoms with E-state index in [4.69, 9.17) is 4.74 Å². The first-order valence-corrected chi connectivity index (χ1v) is 6.16. The van der Waals surface area contributed by atoms with Gasteiger partial charge in [-0.05, 0) is 25.2 Å². The lowest BCUT2D eigenvalue weighted by Crippen LogP contribution is -2.27. The number of esters is 1. The third-order valence-corrected chi connectivity index (χ3v) is 2.85. The van der Waals surface area contributed by atoms with Gasteiger partial charge in [-0.1, -0.05) is 26.7 Å². The Morgan fingerprint density at radius 1 is 1.40 bits per heavy atom. The van der Waals surface area contributed by atoms with Crippen LogP contribution in [-0.2, 0) is 9.53 Å². The molecule has 0 aliphatic heterocycles. The number of carbonyl (C=O) groups is 1. The maximum Gasteiger partial charge on any atom is 0.319 e. The number of hydrogen-bond donors (Lipinski definition) is 1. The van der Waals surface area contributed by atoms with Gasteiger partial charge >= 0.3 is 5.97 Å². The van der Waals surface area contributed by atoms with Gasteiger partial charge < -0.3 is 10.1 Å². The van der Waals surface area contributed by atoms with Crippen molar-refractivity contribution in [3.8, 4) is 0 Å². The topological polar surface area (TPSA) is 38.3 Å². The van der Waals surface area contributed by atoms with Crippen molar-refractivity contribution in [1.29, 1.82) is 0 Å². The van der Waals surface area contributed by atoms with E-state index in [2.05, 4.69) is 19.2 Å². The molecule has 0 aromatic heterocycles. The van der Waals surface area contributed by atoms with Crippen LogP contribution in [0.15, 0.2) is 0 Å². The number of hydrogen-bond acceptors (Lipinski definition) is 3. The van der Waals surface area contributed by atoms with Gasteiger partial charge in [0.25, 0.3) is 0 Å². The Balaban J connectivity index is 1.94. The second-order valence-corrected chi connectivity index (χ2v) is 4.35. The van der Waals surface area contributed by atoms with Gasteiger partial charge in [0.05, 0.1) is 13.2 Å². The monoisotopic (exact) mass is 213 g/mol. The molecule has 0 amide bonds. The van der Waals surface area contributed by atoms with Crippen molar-refractivity contribution in [2.75, 3.05) is 13.2 Å². The zero-order chi connectivity index (χ0) is 11.1. The lowest BCUT2D eigenvalue weighted by Gasteiger charge is -2.05. The summed E-state index contributed by atoms with van der Waals surface area (Å²) < 4.78 is 5.05. The molecule has 0 aromatic rings. The standard InChI is InChI=1S/C12H23NO2/c1-3-5-7-15-12(14)9-13-11-8-10(11)6-4-2/h10-11,13H,3-9H2,1-2H3. The molecular weight excluding hydrogens is 190 g/mol. The first-order valence-electron chi connectivity index (χ1n) is 6.16. The second kappa shape index (κ2) is 6.83. The molecule has 88 valence electrons. The smallest absolute Gasteiger partial charge is 0.319 e. The summed E-state index contributed by atoms with van der Waals surface area (Å²) in [7, 11) is 0. The third-order valence-electron chi connectivity index (χ3n) is 2.85. The summed E-state index contributed by atoms with van der Waals surface area (Å²) in [5.74, 6) is 0.698. The van der Waals surface area contributed by atoms with Crippen LogP contribution in [0.5, 0.6) is 0 Å². The highest BCUT2D eigenvalue weighted by atomic mass is 16.5. The summed E-state index contributed by atoms with van der Waals surface area (Å²) in [4.78, 5) is 11.2. The molecule has 0 bridgehead atoms. The molecule has 0 heterocycles. The van der Waals surface area contributed by atoms with Gasteiger partial charge in [0.1, 0.15) is 0 Å². The van der Waals surface area contributed by atoms with Crippen molar-refractivity contribution < 1.29 is 9.53 Å². The van der Waals surface area contributed by atoms with Crippen LogP contribution in [0.3, 0.4) is 0 Å². The first kappa shape index (κ1) is 12.5. The Bertz CT molecular complexity index is 194. The highest BCUT2D eigenvalue weighted by Gasteiger charge is 2.35. The molecular formula is C12H23NO2. The van der Waals surface area contributed by atoms with Gasteiger partial charge in [0.2, 0.25) is 0 Å². The molecule has 1 saturated carbocycles. The van der Waals surface area contributed by atoms with E-state index >= 15 is 0 Å². The number of rotatable bonds is 8. The molecule has 3 nitrogen and oxygen atoms in total. The van der Waals surface area contributed by atoms with Gasteiger partial charge in [-0.25, -0.2) is 0 Å². The lowest BCUT2D eigenvalue weighted by atomic mass is 10.2. The minimum atomic E-state index is -0.106. The number of unbranched alkanes of at least 4 members (excludes halogenated alkanes) is 1. The van der Waals surface area contributed by atoms with Crippen molar-refractivity contribution in [3.05, 3.63) is 0 Å². The maximum absolute atomic E-state index is 11.2. The van der Waals surface area contributed by atoms with E-state index in [1.807, 2.05) is 0 Å². The van der Waals surface area contributed by atoms with E-state index < -0.39 is 0 Å². The fourth-order valence-electron chi connectivity index (χ4n) is 1.78. The van der Waals surface area contributed by atoms with Crippen molar-refractivity contribution in [1.82, 2.24) is 5.32 Å². The molecule has 2 unspecified atom stereocenters. The highest BCUT2D eigenvalue weighted by Crippen LogP contribution is 2.34. The maximum atomic E-state index is 11.2. The number of carbonyl (C=O) groups excluding carboxylic acids is 1. The normalized spacial score (nSPS) is 23.9. The Hall–Kier alpha value is -0.570. The van der Waals surface area contributed by atoms with Gasteiger partial charge in [0, 0.05) is 6.04 Å². The Morgan fingerprint density at radius 2 is 2.20 bits per heavy atom. The SMILES string of the molecule is CCCCOC(=O)CNC1CC1CCC. The molecule has 0 spiro atoms. The average Bonchev–Trinajstić information content (AvgIpc) is 2.95. The first-order chi connectivity index (χ1) is 7.27. The van der Waals surface area contributed by atoms with Crippen molar-refractivity contribution in [2.45, 2.75) is 52.0 Å². The molecule has 1 rings (SSSR count). The van der Waals surface area contributed by atoms with Gasteiger partial charge in [-0.2, -0.15) is 0 Å². The van der Waals surface area contributed by atoms with Crippen molar-refractivity contribution in [2.24, 2.45) is 5.92 Å². The van der Waals surface area contributed by atoms with Crippen molar-refractivity contribution >= 4 is 5.97 Å². The van der Waals surface area contributed by atoms with Crippen LogP contribution in [-0.4, -0.2) is 25.2 Å². The third kappa shape index (κ3) is 5.17. The van der Waals surface area contributed by atoms with Crippen molar-refractivity contribution in [3.63, 3.8) is 0 Å². The fourth-order valence-corrected chi connectivity index (χ4v) is 1.78. The minimum Gasteiger partial charge on any atom is -0.465 e. The van der Waals surface area contributed by atoms with Gasteiger partial charge in [0.15, 0.2) is 0 Å². The Kier molecular flexibility index (Phi) is 5.69. The zero-order valence-electron chi connectivity index (χ0n) is 9.92. The molecule has 15 heavy (non-hydrogen) atoms. The van der Waals surface area contributed by atoms with Crippen LogP contribution in [0.4, 0.5) is 0 Å². The highest BCUT2D eigenvalue weighted by molar-refractivity contribution is 5.71. The van der Waals surface area contributed by atoms with E-state index in [1.165, 1.54) is 19.3 Å². The van der Waals surface area contributed by atoms with Crippen LogP contribution >= 0.6 is 0 Å². The molecule has 1 aliphatic rings. The van der Waals surface area contributed by atoms with E-state index in [9.17, 15) is 4.79 Å². The summed E-state index contributed by atoms with van der Waals surface area (Å²) in [6.07, 6.45) is 5.79. The van der Waals surface area contributed by atoms with E-state index in [1.54, 1.807) is 0 Å². The molecule has 1 fully saturated rings. The molecule has 0 radical (unpaired) electrons. The summed E-state index contributed by atoms with van der Waals surface area (Å²) in [6, 6.07) is 0.573. The van der Waals surface area contributed by atoms with Gasteiger partial charge in [-0.3, -0.25) is 4.79 Å². The fraction of sp³-hybridized carbons (Fsp3) is 0.917. The molecule has 1 aliphatic carbocycles. The minimum absolute atomic E-state index is 0.106. The molecule has 3 heteroatoms. The largest absolute Gasteiger partial charge is 0.465 e. The average molecular weight is 213 g/mol. The lowest BCUT2D eigenvalue weighted by molar-refractivity contribution is -0.142. The zero-order valence-corrected chi connectivity index (χ0v) is 9.92. The molecule has 0 aromatic carbocycles. The summed E-state index contributed by atoms with van der Waals surface area (Å²) in [5.41, 5.74) is 0. The predicted molar refractivity (Wildman–Crippen MR) is 60.7 cm³/mol. The molecule has 2 atom stereocenters. The van der Waals surface area contributed by atoms with E-state index in [0.29, 0.717) is 19.2 Å². The summed E-state index contributed by atoms with van der Waals surface area (Å²) in [5, 5.41) is 3.24. The van der Waals surface area contributed by atoms with Crippen LogP contribution in [0, 0.1) is 5.92 Å². The van der Waals surface area contributed by atoms with Crippen LogP contribution in [0.2, 0.25) is 0 Å². The quantitative estimate of drug-likeness (QED) is 0.496. The Labute approximate surface area is 92.6 Å². The predicted octanol–water partition coefficient (Wildman–Crippen LogP) is 2.11. The Morgan fingerprint density at radius 3 is 2.87 bits per heavy atom. The molecule has 0 saturated heterocycles. The van der Waals surface area contributed by atoms with E-state index in [0.717, 1.165) is 18.8 Å². The van der Waals surface area contributed by atoms with E-state index in [-0.39, 0.29) is 5.97 Å². The van der Waals surface area contributed by atoms with Crippen LogP contribution in [0.25, 0.3) is 0 Å². The molecule has 1 N–H and O–H groups in total. The summed E-state index contributed by atoms with van der Waals surface area (Å²) in [6.45, 7) is 5.24. The van der Waals surface area contributed by atoms with Gasteiger partial charge in [-0.15, -0.1) is 0 Å². The summed E-state index contributed by atoms with van der Waals surface area (Å²) >= 11 is 0. The number of nitrogens with one attached hydrogen (secondary N) is 1.